The number of carbonyl (C=O) groups is 1. The number of hydrogen-bond acceptors (Lipinski definition) is 2. The first kappa shape index (κ1) is 12.8. The smallest absolute Gasteiger partial charge is 0.317 e. The molecule has 0 heterocycles. The Bertz CT molecular complexity index is 242. The molecule has 0 aliphatic heterocycles. The van der Waals surface area contributed by atoms with Crippen molar-refractivity contribution >= 4 is 21.9 Å². The zero-order valence-electron chi connectivity index (χ0n) is 9.51. The van der Waals surface area contributed by atoms with Crippen molar-refractivity contribution < 1.29 is 9.53 Å². The van der Waals surface area contributed by atoms with Crippen molar-refractivity contribution in [3.63, 3.8) is 0 Å². The number of esters is 1. The van der Waals surface area contributed by atoms with Crippen LogP contribution in [0.4, 0.5) is 0 Å². The number of halogens is 1. The molecule has 15 heavy (non-hydrogen) atoms. The Labute approximate surface area is 100 Å². The Kier molecular flexibility index (Phi) is 5.37. The van der Waals surface area contributed by atoms with Crippen LogP contribution < -0.4 is 0 Å². The number of ether oxygens (including phenoxy) is 1. The maximum atomic E-state index is 11.6. The summed E-state index contributed by atoms with van der Waals surface area (Å²) in [6.07, 6.45) is 4.35. The van der Waals surface area contributed by atoms with Gasteiger partial charge in [-0.3, -0.25) is 4.79 Å². The highest BCUT2D eigenvalue weighted by Gasteiger charge is 2.41. The monoisotopic (exact) mass is 274 g/mol. The molecular weight excluding hydrogens is 256 g/mol. The molecule has 1 rings (SSSR count). The fourth-order valence-corrected chi connectivity index (χ4v) is 2.14. The molecule has 2 nitrogen and oxygen atoms in total. The summed E-state index contributed by atoms with van der Waals surface area (Å²) < 4.78 is 5.14. The van der Waals surface area contributed by atoms with Crippen LogP contribution in [-0.2, 0) is 9.53 Å². The van der Waals surface area contributed by atoms with Crippen molar-refractivity contribution in [2.75, 3.05) is 11.9 Å². The molecular formula is C12H19BrO2. The Morgan fingerprint density at radius 3 is 2.20 bits per heavy atom. The summed E-state index contributed by atoms with van der Waals surface area (Å²) in [7, 11) is 0. The van der Waals surface area contributed by atoms with Crippen LogP contribution in [0.1, 0.15) is 39.5 Å². The summed E-state index contributed by atoms with van der Waals surface area (Å²) in [4.78, 5) is 11.6. The number of hydrogen-bond donors (Lipinski definition) is 0. The number of carbonyl (C=O) groups excluding carboxylic acids is 1. The summed E-state index contributed by atoms with van der Waals surface area (Å²) in [5.41, 5.74) is 2.69. The maximum Gasteiger partial charge on any atom is 0.317 e. The highest BCUT2D eigenvalue weighted by molar-refractivity contribution is 9.09. The van der Waals surface area contributed by atoms with Crippen molar-refractivity contribution in [3.05, 3.63) is 11.1 Å². The van der Waals surface area contributed by atoms with Crippen LogP contribution in [0.3, 0.4) is 0 Å². The van der Waals surface area contributed by atoms with Crippen molar-refractivity contribution in [1.29, 1.82) is 0 Å². The largest absolute Gasteiger partial charge is 0.464 e. The molecule has 0 bridgehead atoms. The molecule has 0 aromatic heterocycles. The Morgan fingerprint density at radius 1 is 1.27 bits per heavy atom. The normalized spacial score (nSPS) is 15.7. The first-order chi connectivity index (χ1) is 7.26. The summed E-state index contributed by atoms with van der Waals surface area (Å²) in [5.74, 6) is 0.00491. The third-order valence-corrected chi connectivity index (χ3v) is 2.95. The Hall–Kier alpha value is -0.310. The SMILES string of the molecule is CCCC1=C(CCC)C1C(=O)OCCBr. The van der Waals surface area contributed by atoms with Gasteiger partial charge in [0.15, 0.2) is 0 Å². The first-order valence-electron chi connectivity index (χ1n) is 5.70. The molecule has 0 amide bonds. The predicted octanol–water partition coefficient (Wildman–Crippen LogP) is 3.45. The highest BCUT2D eigenvalue weighted by Crippen LogP contribution is 2.45. The van der Waals surface area contributed by atoms with E-state index < -0.39 is 0 Å². The summed E-state index contributed by atoms with van der Waals surface area (Å²) >= 11 is 3.25. The van der Waals surface area contributed by atoms with E-state index in [1.54, 1.807) is 0 Å². The van der Waals surface area contributed by atoms with Crippen molar-refractivity contribution in [1.82, 2.24) is 0 Å². The first-order valence-corrected chi connectivity index (χ1v) is 6.82. The minimum Gasteiger partial charge on any atom is -0.464 e. The lowest BCUT2D eigenvalue weighted by atomic mass is 10.2. The standard InChI is InChI=1S/C12H19BrO2/c1-3-5-9-10(6-4-2)11(9)12(14)15-8-7-13/h11H,3-8H2,1-2H3. The van der Waals surface area contributed by atoms with Gasteiger partial charge in [-0.15, -0.1) is 0 Å². The second kappa shape index (κ2) is 6.31. The topological polar surface area (TPSA) is 26.3 Å². The molecule has 0 unspecified atom stereocenters. The van der Waals surface area contributed by atoms with E-state index in [1.165, 1.54) is 11.1 Å². The van der Waals surface area contributed by atoms with E-state index in [1.807, 2.05) is 0 Å². The molecule has 3 heteroatoms. The van der Waals surface area contributed by atoms with Gasteiger partial charge in [-0.05, 0) is 12.8 Å². The summed E-state index contributed by atoms with van der Waals surface area (Å²) in [6, 6.07) is 0. The minimum absolute atomic E-state index is 0.0404. The van der Waals surface area contributed by atoms with Crippen LogP contribution in [0.2, 0.25) is 0 Å². The van der Waals surface area contributed by atoms with E-state index in [9.17, 15) is 4.79 Å². The maximum absolute atomic E-state index is 11.6. The molecule has 0 saturated carbocycles. The van der Waals surface area contributed by atoms with Gasteiger partial charge in [0, 0.05) is 5.33 Å². The van der Waals surface area contributed by atoms with Crippen molar-refractivity contribution in [2.24, 2.45) is 5.92 Å². The van der Waals surface area contributed by atoms with E-state index in [0.717, 1.165) is 31.0 Å². The van der Waals surface area contributed by atoms with E-state index >= 15 is 0 Å². The molecule has 0 spiro atoms. The summed E-state index contributed by atoms with van der Waals surface area (Å²) in [6.45, 7) is 4.78. The molecule has 1 aliphatic carbocycles. The second-order valence-electron chi connectivity index (χ2n) is 3.84. The van der Waals surface area contributed by atoms with Crippen LogP contribution in [-0.4, -0.2) is 17.9 Å². The van der Waals surface area contributed by atoms with E-state index in [-0.39, 0.29) is 11.9 Å². The number of alkyl halides is 1. The van der Waals surface area contributed by atoms with Gasteiger partial charge in [0.1, 0.15) is 6.61 Å². The van der Waals surface area contributed by atoms with Crippen LogP contribution in [0, 0.1) is 5.92 Å². The van der Waals surface area contributed by atoms with E-state index in [0.29, 0.717) is 6.61 Å². The van der Waals surface area contributed by atoms with Crippen molar-refractivity contribution in [3.8, 4) is 0 Å². The third-order valence-electron chi connectivity index (χ3n) is 2.62. The quantitative estimate of drug-likeness (QED) is 0.404. The zero-order valence-corrected chi connectivity index (χ0v) is 11.1. The average Bonchev–Trinajstić information content (AvgIpc) is 2.89. The molecule has 0 atom stereocenters. The molecule has 0 N–H and O–H groups in total. The van der Waals surface area contributed by atoms with Crippen LogP contribution in [0.5, 0.6) is 0 Å². The summed E-state index contributed by atoms with van der Waals surface area (Å²) in [5, 5.41) is 0.720. The molecule has 0 aromatic rings. The van der Waals surface area contributed by atoms with Gasteiger partial charge < -0.3 is 4.74 Å². The van der Waals surface area contributed by atoms with Gasteiger partial charge in [-0.1, -0.05) is 53.8 Å². The molecule has 0 aromatic carbocycles. The van der Waals surface area contributed by atoms with Gasteiger partial charge in [-0.25, -0.2) is 0 Å². The fraction of sp³-hybridized carbons (Fsp3) is 0.750. The lowest BCUT2D eigenvalue weighted by molar-refractivity contribution is -0.144. The second-order valence-corrected chi connectivity index (χ2v) is 4.63. The molecule has 0 radical (unpaired) electrons. The van der Waals surface area contributed by atoms with Gasteiger partial charge in [-0.2, -0.15) is 0 Å². The average molecular weight is 275 g/mol. The molecule has 0 fully saturated rings. The van der Waals surface area contributed by atoms with Crippen LogP contribution in [0.15, 0.2) is 11.1 Å². The highest BCUT2D eigenvalue weighted by atomic mass is 79.9. The van der Waals surface area contributed by atoms with Crippen molar-refractivity contribution in [2.45, 2.75) is 39.5 Å². The molecule has 0 saturated heterocycles. The van der Waals surface area contributed by atoms with E-state index in [2.05, 4.69) is 29.8 Å². The van der Waals surface area contributed by atoms with Gasteiger partial charge in [0.2, 0.25) is 0 Å². The fourth-order valence-electron chi connectivity index (χ4n) is 1.97. The predicted molar refractivity (Wildman–Crippen MR) is 65.1 cm³/mol. The van der Waals surface area contributed by atoms with Gasteiger partial charge in [0.05, 0.1) is 5.92 Å². The Morgan fingerprint density at radius 2 is 1.80 bits per heavy atom. The lowest BCUT2D eigenvalue weighted by Crippen LogP contribution is -2.11. The van der Waals surface area contributed by atoms with Gasteiger partial charge >= 0.3 is 5.97 Å². The van der Waals surface area contributed by atoms with Crippen LogP contribution in [0.25, 0.3) is 0 Å². The zero-order chi connectivity index (χ0) is 11.3. The molecule has 86 valence electrons. The minimum atomic E-state index is -0.0404. The number of rotatable bonds is 7. The molecule has 1 aliphatic rings. The van der Waals surface area contributed by atoms with Crippen LogP contribution >= 0.6 is 15.9 Å². The lowest BCUT2D eigenvalue weighted by Gasteiger charge is -2.02. The van der Waals surface area contributed by atoms with Gasteiger partial charge in [0.25, 0.3) is 0 Å². The Balaban J connectivity index is 2.41. The third kappa shape index (κ3) is 3.33. The van der Waals surface area contributed by atoms with E-state index in [4.69, 9.17) is 4.74 Å².